The molecule has 0 fully saturated rings. The molecule has 7 heteroatoms. The van der Waals surface area contributed by atoms with Crippen molar-refractivity contribution in [1.82, 2.24) is 5.32 Å². The van der Waals surface area contributed by atoms with Crippen molar-refractivity contribution in [3.05, 3.63) is 65.7 Å². The molecule has 35 heavy (non-hydrogen) atoms. The van der Waals surface area contributed by atoms with Crippen molar-refractivity contribution in [2.75, 3.05) is 0 Å². The number of nitrogens with one attached hydrogen (secondary N) is 1. The fourth-order valence-electron chi connectivity index (χ4n) is 3.95. The SMILES string of the molecule is Cc1ccc(C[C@@H](CCC[C@H](NC(=O)OC(C)(C)C)C(=O)O)[C@@H](Oc2ccccc2)[C@H](C)O)cc1. The summed E-state index contributed by atoms with van der Waals surface area (Å²) in [5.41, 5.74) is 1.56. The normalized spacial score (nSPS) is 14.9. The number of para-hydroxylation sites is 1. The Bertz CT molecular complexity index is 921. The van der Waals surface area contributed by atoms with Crippen LogP contribution in [0.4, 0.5) is 4.79 Å². The van der Waals surface area contributed by atoms with Crippen LogP contribution in [0.5, 0.6) is 5.75 Å². The summed E-state index contributed by atoms with van der Waals surface area (Å²) < 4.78 is 11.4. The van der Waals surface area contributed by atoms with Gasteiger partial charge >= 0.3 is 12.1 Å². The van der Waals surface area contributed by atoms with Crippen LogP contribution in [0, 0.1) is 12.8 Å². The second-order valence-electron chi connectivity index (χ2n) is 10.1. The molecule has 4 atom stereocenters. The quantitative estimate of drug-likeness (QED) is 0.385. The molecule has 0 aliphatic rings. The standard InChI is InChI=1S/C28H39NO6/c1-19-14-16-21(17-15-19)18-22(25(20(2)30)34-23-11-7-6-8-12-23)10-9-13-24(26(31)32)29-27(33)35-28(3,4)5/h6-8,11-12,14-17,20,22,24-25,30H,9-10,13,18H2,1-5H3,(H,29,33)(H,31,32)/t20-,22+,24-,25-/m0/s1. The Morgan fingerprint density at radius 1 is 1.00 bits per heavy atom. The summed E-state index contributed by atoms with van der Waals surface area (Å²) in [5.74, 6) is -0.519. The number of aliphatic hydroxyl groups excluding tert-OH is 1. The van der Waals surface area contributed by atoms with Crippen LogP contribution in [-0.4, -0.2) is 46.1 Å². The molecule has 0 bridgehead atoms. The molecule has 0 radical (unpaired) electrons. The number of hydrogen-bond donors (Lipinski definition) is 3. The summed E-state index contributed by atoms with van der Waals surface area (Å²) in [4.78, 5) is 23.8. The maximum atomic E-state index is 12.1. The molecular weight excluding hydrogens is 446 g/mol. The Morgan fingerprint density at radius 3 is 2.17 bits per heavy atom. The Labute approximate surface area is 208 Å². The van der Waals surface area contributed by atoms with Gasteiger partial charge in [-0.2, -0.15) is 0 Å². The topological polar surface area (TPSA) is 105 Å². The number of carbonyl (C=O) groups excluding carboxylic acids is 1. The van der Waals surface area contributed by atoms with E-state index in [1.807, 2.05) is 49.4 Å². The molecule has 7 nitrogen and oxygen atoms in total. The van der Waals surface area contributed by atoms with Crippen LogP contribution in [0.1, 0.15) is 58.1 Å². The molecule has 3 N–H and O–H groups in total. The number of hydrogen-bond acceptors (Lipinski definition) is 5. The minimum absolute atomic E-state index is 0.0751. The van der Waals surface area contributed by atoms with E-state index in [9.17, 15) is 19.8 Å². The maximum Gasteiger partial charge on any atom is 0.408 e. The fourth-order valence-corrected chi connectivity index (χ4v) is 3.95. The molecule has 0 aromatic heterocycles. The van der Waals surface area contributed by atoms with E-state index in [0.29, 0.717) is 25.0 Å². The first-order valence-corrected chi connectivity index (χ1v) is 12.1. The average molecular weight is 486 g/mol. The third kappa shape index (κ3) is 10.4. The number of aliphatic carboxylic acids is 1. The van der Waals surface area contributed by atoms with E-state index in [4.69, 9.17) is 9.47 Å². The molecule has 0 saturated carbocycles. The Kier molecular flexibility index (Phi) is 10.6. The van der Waals surface area contributed by atoms with Gasteiger partial charge in [-0.05, 0) is 71.6 Å². The number of aliphatic hydroxyl groups is 1. The van der Waals surface area contributed by atoms with Crippen LogP contribution in [0.3, 0.4) is 0 Å². The molecule has 0 unspecified atom stereocenters. The third-order valence-corrected chi connectivity index (χ3v) is 5.63. The zero-order chi connectivity index (χ0) is 26.0. The van der Waals surface area contributed by atoms with Gasteiger partial charge in [-0.25, -0.2) is 9.59 Å². The van der Waals surface area contributed by atoms with Crippen LogP contribution in [-0.2, 0) is 16.0 Å². The highest BCUT2D eigenvalue weighted by Crippen LogP contribution is 2.26. The number of aryl methyl sites for hydroxylation is 1. The highest BCUT2D eigenvalue weighted by molar-refractivity contribution is 5.79. The number of rotatable bonds is 12. The van der Waals surface area contributed by atoms with E-state index >= 15 is 0 Å². The number of carbonyl (C=O) groups is 2. The van der Waals surface area contributed by atoms with Crippen LogP contribution in [0.2, 0.25) is 0 Å². The van der Waals surface area contributed by atoms with E-state index in [-0.39, 0.29) is 12.3 Å². The molecular formula is C28H39NO6. The minimum Gasteiger partial charge on any atom is -0.487 e. The molecule has 0 aliphatic carbocycles. The molecule has 2 rings (SSSR count). The lowest BCUT2D eigenvalue weighted by atomic mass is 9.86. The zero-order valence-electron chi connectivity index (χ0n) is 21.4. The molecule has 0 saturated heterocycles. The lowest BCUT2D eigenvalue weighted by molar-refractivity contribution is -0.139. The monoisotopic (exact) mass is 485 g/mol. The summed E-state index contributed by atoms with van der Waals surface area (Å²) in [6, 6.07) is 16.5. The number of benzene rings is 2. The van der Waals surface area contributed by atoms with Crippen LogP contribution >= 0.6 is 0 Å². The van der Waals surface area contributed by atoms with Crippen molar-refractivity contribution < 1.29 is 29.3 Å². The van der Waals surface area contributed by atoms with Gasteiger partial charge in [0.15, 0.2) is 0 Å². The number of amides is 1. The van der Waals surface area contributed by atoms with Gasteiger partial charge in [0, 0.05) is 5.92 Å². The van der Waals surface area contributed by atoms with Gasteiger partial charge in [0.1, 0.15) is 23.5 Å². The predicted octanol–water partition coefficient (Wildman–Crippen LogP) is 5.13. The summed E-state index contributed by atoms with van der Waals surface area (Å²) >= 11 is 0. The van der Waals surface area contributed by atoms with Crippen LogP contribution in [0.15, 0.2) is 54.6 Å². The van der Waals surface area contributed by atoms with Gasteiger partial charge in [0.05, 0.1) is 6.10 Å². The van der Waals surface area contributed by atoms with E-state index in [1.165, 1.54) is 0 Å². The first-order chi connectivity index (χ1) is 16.4. The third-order valence-electron chi connectivity index (χ3n) is 5.63. The second-order valence-corrected chi connectivity index (χ2v) is 10.1. The van der Waals surface area contributed by atoms with Crippen LogP contribution < -0.4 is 10.1 Å². The number of carboxylic acids is 1. The first-order valence-electron chi connectivity index (χ1n) is 12.1. The largest absolute Gasteiger partial charge is 0.487 e. The summed E-state index contributed by atoms with van der Waals surface area (Å²) in [7, 11) is 0. The van der Waals surface area contributed by atoms with Crippen LogP contribution in [0.25, 0.3) is 0 Å². The molecule has 2 aromatic carbocycles. The van der Waals surface area contributed by atoms with Crippen molar-refractivity contribution in [3.63, 3.8) is 0 Å². The lowest BCUT2D eigenvalue weighted by Gasteiger charge is -2.31. The van der Waals surface area contributed by atoms with Gasteiger partial charge in [-0.3, -0.25) is 0 Å². The van der Waals surface area contributed by atoms with E-state index < -0.39 is 35.9 Å². The van der Waals surface area contributed by atoms with Crippen molar-refractivity contribution in [2.45, 2.75) is 84.2 Å². The smallest absolute Gasteiger partial charge is 0.408 e. The number of carboxylic acid groups (broad SMARTS) is 1. The predicted molar refractivity (Wildman–Crippen MR) is 136 cm³/mol. The van der Waals surface area contributed by atoms with Crippen molar-refractivity contribution >= 4 is 12.1 Å². The van der Waals surface area contributed by atoms with E-state index in [0.717, 1.165) is 11.1 Å². The van der Waals surface area contributed by atoms with E-state index in [2.05, 4.69) is 17.4 Å². The minimum atomic E-state index is -1.11. The summed E-state index contributed by atoms with van der Waals surface area (Å²) in [6.45, 7) is 8.91. The maximum absolute atomic E-state index is 12.1. The number of ether oxygens (including phenoxy) is 2. The molecule has 192 valence electrons. The van der Waals surface area contributed by atoms with Crippen molar-refractivity contribution in [1.29, 1.82) is 0 Å². The Balaban J connectivity index is 2.13. The summed E-state index contributed by atoms with van der Waals surface area (Å²) in [6.07, 6.45) is 0.0503. The van der Waals surface area contributed by atoms with Crippen molar-refractivity contribution in [2.24, 2.45) is 5.92 Å². The highest BCUT2D eigenvalue weighted by Gasteiger charge is 2.29. The second kappa shape index (κ2) is 13.1. The van der Waals surface area contributed by atoms with Gasteiger partial charge in [-0.1, -0.05) is 54.4 Å². The first kappa shape index (κ1) is 28.2. The number of alkyl carbamates (subject to hydrolysis) is 1. The Hall–Kier alpha value is -3.06. The molecule has 1 amide bonds. The molecule has 0 heterocycles. The zero-order valence-corrected chi connectivity index (χ0v) is 21.4. The lowest BCUT2D eigenvalue weighted by Crippen LogP contribution is -2.43. The molecule has 0 aliphatic heterocycles. The van der Waals surface area contributed by atoms with E-state index in [1.54, 1.807) is 27.7 Å². The Morgan fingerprint density at radius 2 is 1.63 bits per heavy atom. The van der Waals surface area contributed by atoms with Gasteiger partial charge in [0.25, 0.3) is 0 Å². The molecule has 0 spiro atoms. The van der Waals surface area contributed by atoms with Gasteiger partial charge in [-0.15, -0.1) is 0 Å². The summed E-state index contributed by atoms with van der Waals surface area (Å²) in [5, 5.41) is 22.7. The van der Waals surface area contributed by atoms with Gasteiger partial charge < -0.3 is 25.0 Å². The fraction of sp³-hybridized carbons (Fsp3) is 0.500. The van der Waals surface area contributed by atoms with Crippen molar-refractivity contribution in [3.8, 4) is 5.75 Å². The molecule has 2 aromatic rings. The highest BCUT2D eigenvalue weighted by atomic mass is 16.6. The van der Waals surface area contributed by atoms with Gasteiger partial charge in [0.2, 0.25) is 0 Å². The average Bonchev–Trinajstić information content (AvgIpc) is 2.76.